The highest BCUT2D eigenvalue weighted by atomic mass is 16.2. The molecule has 1 aliphatic rings. The largest absolute Gasteiger partial charge is 0.356 e. The summed E-state index contributed by atoms with van der Waals surface area (Å²) < 4.78 is 0. The molecule has 0 saturated heterocycles. The first-order valence-corrected chi connectivity index (χ1v) is 5.64. The number of carbonyl (C=O) groups is 1. The van der Waals surface area contributed by atoms with Crippen molar-refractivity contribution in [2.24, 2.45) is 16.7 Å². The monoisotopic (exact) mass is 197 g/mol. The van der Waals surface area contributed by atoms with Crippen molar-refractivity contribution in [3.05, 3.63) is 0 Å². The Morgan fingerprint density at radius 3 is 2.36 bits per heavy atom. The van der Waals surface area contributed by atoms with Crippen molar-refractivity contribution in [2.45, 2.75) is 47.5 Å². The molecule has 0 aliphatic heterocycles. The molecule has 1 amide bonds. The lowest BCUT2D eigenvalue weighted by Gasteiger charge is -2.39. The summed E-state index contributed by atoms with van der Waals surface area (Å²) in [6, 6.07) is 0. The van der Waals surface area contributed by atoms with Crippen LogP contribution in [0, 0.1) is 16.7 Å². The maximum atomic E-state index is 12.0. The Kier molecular flexibility index (Phi) is 2.93. The van der Waals surface area contributed by atoms with Gasteiger partial charge in [-0.15, -0.1) is 0 Å². The molecule has 0 aromatic carbocycles. The molecule has 0 aromatic rings. The van der Waals surface area contributed by atoms with E-state index in [0.29, 0.717) is 5.92 Å². The molecule has 0 bridgehead atoms. The fraction of sp³-hybridized carbons (Fsp3) is 0.917. The molecule has 0 spiro atoms. The third-order valence-corrected chi connectivity index (χ3v) is 4.57. The second-order valence-electron chi connectivity index (χ2n) is 5.35. The maximum absolute atomic E-state index is 12.0. The summed E-state index contributed by atoms with van der Waals surface area (Å²) in [7, 11) is 0. The fourth-order valence-electron chi connectivity index (χ4n) is 2.49. The van der Waals surface area contributed by atoms with Crippen molar-refractivity contribution in [1.29, 1.82) is 0 Å². The van der Waals surface area contributed by atoms with Crippen LogP contribution in [-0.4, -0.2) is 12.5 Å². The van der Waals surface area contributed by atoms with Crippen molar-refractivity contribution in [2.75, 3.05) is 6.54 Å². The number of nitrogens with one attached hydrogen (secondary N) is 1. The Morgan fingerprint density at radius 2 is 2.00 bits per heavy atom. The van der Waals surface area contributed by atoms with Crippen LogP contribution in [0.1, 0.15) is 47.5 Å². The number of hydrogen-bond acceptors (Lipinski definition) is 1. The summed E-state index contributed by atoms with van der Waals surface area (Å²) in [6.45, 7) is 11.5. The molecule has 2 atom stereocenters. The van der Waals surface area contributed by atoms with Crippen molar-refractivity contribution in [3.8, 4) is 0 Å². The Hall–Kier alpha value is -0.530. The molecule has 1 saturated carbocycles. The molecule has 2 heteroatoms. The van der Waals surface area contributed by atoms with E-state index in [9.17, 15) is 4.79 Å². The van der Waals surface area contributed by atoms with E-state index < -0.39 is 0 Å². The van der Waals surface area contributed by atoms with E-state index in [-0.39, 0.29) is 16.7 Å². The van der Waals surface area contributed by atoms with Crippen molar-refractivity contribution >= 4 is 5.91 Å². The van der Waals surface area contributed by atoms with Gasteiger partial charge in [-0.25, -0.2) is 0 Å². The Labute approximate surface area is 87.5 Å². The zero-order valence-electron chi connectivity index (χ0n) is 10.1. The van der Waals surface area contributed by atoms with Gasteiger partial charge < -0.3 is 5.32 Å². The Morgan fingerprint density at radius 1 is 1.43 bits per heavy atom. The molecule has 1 N–H and O–H groups in total. The van der Waals surface area contributed by atoms with Crippen LogP contribution in [0.25, 0.3) is 0 Å². The topological polar surface area (TPSA) is 29.1 Å². The summed E-state index contributed by atoms with van der Waals surface area (Å²) in [5.41, 5.74) is -0.0608. The second-order valence-corrected chi connectivity index (χ2v) is 5.35. The van der Waals surface area contributed by atoms with E-state index in [2.05, 4.69) is 33.0 Å². The van der Waals surface area contributed by atoms with Crippen LogP contribution in [0.4, 0.5) is 0 Å². The molecule has 0 aromatic heterocycles. The average molecular weight is 197 g/mol. The molecule has 1 fully saturated rings. The summed E-state index contributed by atoms with van der Waals surface area (Å²) in [4.78, 5) is 12.0. The highest BCUT2D eigenvalue weighted by molar-refractivity contribution is 5.83. The SMILES string of the molecule is CCNC(=O)[C@]1(C)CC[C@H](C)C1(C)C. The fourth-order valence-corrected chi connectivity index (χ4v) is 2.49. The minimum atomic E-state index is -0.178. The normalized spacial score (nSPS) is 35.6. The number of hydrogen-bond donors (Lipinski definition) is 1. The predicted octanol–water partition coefficient (Wildman–Crippen LogP) is 2.58. The molecular weight excluding hydrogens is 174 g/mol. The zero-order valence-corrected chi connectivity index (χ0v) is 10.1. The number of amides is 1. The van der Waals surface area contributed by atoms with E-state index in [1.165, 1.54) is 6.42 Å². The molecule has 2 nitrogen and oxygen atoms in total. The predicted molar refractivity (Wildman–Crippen MR) is 59.0 cm³/mol. The first-order chi connectivity index (χ1) is 6.36. The van der Waals surface area contributed by atoms with Gasteiger partial charge in [-0.05, 0) is 31.1 Å². The highest BCUT2D eigenvalue weighted by Crippen LogP contribution is 2.55. The average Bonchev–Trinajstić information content (AvgIpc) is 2.31. The van der Waals surface area contributed by atoms with Crippen molar-refractivity contribution < 1.29 is 4.79 Å². The van der Waals surface area contributed by atoms with Crippen molar-refractivity contribution in [1.82, 2.24) is 5.32 Å². The second kappa shape index (κ2) is 3.56. The van der Waals surface area contributed by atoms with Crippen LogP contribution in [0.2, 0.25) is 0 Å². The Bertz CT molecular complexity index is 234. The van der Waals surface area contributed by atoms with Gasteiger partial charge in [-0.3, -0.25) is 4.79 Å². The van der Waals surface area contributed by atoms with Crippen LogP contribution < -0.4 is 5.32 Å². The van der Waals surface area contributed by atoms with Crippen LogP contribution >= 0.6 is 0 Å². The molecule has 14 heavy (non-hydrogen) atoms. The molecular formula is C12H23NO. The van der Waals surface area contributed by atoms with Gasteiger partial charge >= 0.3 is 0 Å². The third-order valence-electron chi connectivity index (χ3n) is 4.57. The smallest absolute Gasteiger partial charge is 0.226 e. The third kappa shape index (κ3) is 1.45. The van der Waals surface area contributed by atoms with Crippen molar-refractivity contribution in [3.63, 3.8) is 0 Å². The van der Waals surface area contributed by atoms with Gasteiger partial charge in [0.05, 0.1) is 5.41 Å². The van der Waals surface area contributed by atoms with Gasteiger partial charge in [0.15, 0.2) is 0 Å². The van der Waals surface area contributed by atoms with Gasteiger partial charge in [-0.2, -0.15) is 0 Å². The van der Waals surface area contributed by atoms with Crippen LogP contribution in [0.3, 0.4) is 0 Å². The first kappa shape index (κ1) is 11.5. The van der Waals surface area contributed by atoms with E-state index in [0.717, 1.165) is 13.0 Å². The quantitative estimate of drug-likeness (QED) is 0.724. The molecule has 0 heterocycles. The zero-order chi connectivity index (χ0) is 11.0. The van der Waals surface area contributed by atoms with E-state index in [1.54, 1.807) is 0 Å². The van der Waals surface area contributed by atoms with Gasteiger partial charge in [0.2, 0.25) is 5.91 Å². The molecule has 0 unspecified atom stereocenters. The van der Waals surface area contributed by atoms with Gasteiger partial charge in [-0.1, -0.05) is 27.7 Å². The summed E-state index contributed by atoms with van der Waals surface area (Å²) in [5.74, 6) is 0.865. The van der Waals surface area contributed by atoms with Crippen LogP contribution in [0.15, 0.2) is 0 Å². The molecule has 1 rings (SSSR count). The number of carbonyl (C=O) groups excluding carboxylic acids is 1. The van der Waals surface area contributed by atoms with E-state index >= 15 is 0 Å². The minimum absolute atomic E-state index is 0.117. The van der Waals surface area contributed by atoms with Gasteiger partial charge in [0.25, 0.3) is 0 Å². The number of rotatable bonds is 2. The van der Waals surface area contributed by atoms with E-state index in [4.69, 9.17) is 0 Å². The highest BCUT2D eigenvalue weighted by Gasteiger charge is 2.53. The first-order valence-electron chi connectivity index (χ1n) is 5.64. The van der Waals surface area contributed by atoms with E-state index in [1.807, 2.05) is 6.92 Å². The molecule has 0 radical (unpaired) electrons. The molecule has 1 aliphatic carbocycles. The maximum Gasteiger partial charge on any atom is 0.226 e. The van der Waals surface area contributed by atoms with Crippen LogP contribution in [-0.2, 0) is 4.79 Å². The summed E-state index contributed by atoms with van der Waals surface area (Å²) >= 11 is 0. The Balaban J connectivity index is 2.89. The minimum Gasteiger partial charge on any atom is -0.356 e. The van der Waals surface area contributed by atoms with Crippen LogP contribution in [0.5, 0.6) is 0 Å². The lowest BCUT2D eigenvalue weighted by atomic mass is 9.65. The van der Waals surface area contributed by atoms with Gasteiger partial charge in [0, 0.05) is 6.54 Å². The lowest BCUT2D eigenvalue weighted by Crippen LogP contribution is -2.46. The van der Waals surface area contributed by atoms with Gasteiger partial charge in [0.1, 0.15) is 0 Å². The summed E-state index contributed by atoms with van der Waals surface area (Å²) in [5, 5.41) is 2.97. The standard InChI is InChI=1S/C12H23NO/c1-6-13-10(14)12(5)8-7-9(2)11(12,3)4/h9H,6-8H2,1-5H3,(H,13,14)/t9-,12-/m0/s1. The molecule has 82 valence electrons. The summed E-state index contributed by atoms with van der Waals surface area (Å²) in [6.07, 6.45) is 2.19. The lowest BCUT2D eigenvalue weighted by molar-refractivity contribution is -0.135.